The van der Waals surface area contributed by atoms with Crippen LogP contribution in [0, 0.1) is 5.92 Å². The van der Waals surface area contributed by atoms with Crippen molar-refractivity contribution in [2.24, 2.45) is 5.92 Å². The Labute approximate surface area is 124 Å². The normalized spacial score (nSPS) is 18.0. The average Bonchev–Trinajstić information content (AvgIpc) is 2.87. The van der Waals surface area contributed by atoms with Gasteiger partial charge in [-0.3, -0.25) is 14.6 Å². The maximum atomic E-state index is 12.1. The molecule has 1 aromatic rings. The number of rotatable bonds is 7. The van der Waals surface area contributed by atoms with Crippen LogP contribution in [0.25, 0.3) is 0 Å². The highest BCUT2D eigenvalue weighted by atomic mass is 16.5. The zero-order valence-electron chi connectivity index (χ0n) is 12.2. The average molecular weight is 291 g/mol. The van der Waals surface area contributed by atoms with E-state index in [1.807, 2.05) is 12.1 Å². The Morgan fingerprint density at radius 1 is 1.48 bits per heavy atom. The van der Waals surface area contributed by atoms with E-state index in [1.54, 1.807) is 24.4 Å². The molecule has 6 nitrogen and oxygen atoms in total. The van der Waals surface area contributed by atoms with Crippen LogP contribution in [-0.4, -0.2) is 48.5 Å². The predicted octanol–water partition coefficient (Wildman–Crippen LogP) is 0.583. The molecule has 0 radical (unpaired) electrons. The zero-order valence-corrected chi connectivity index (χ0v) is 12.2. The Morgan fingerprint density at radius 3 is 2.95 bits per heavy atom. The van der Waals surface area contributed by atoms with Crippen LogP contribution in [0.1, 0.15) is 18.4 Å². The van der Waals surface area contributed by atoms with Gasteiger partial charge in [-0.1, -0.05) is 0 Å². The van der Waals surface area contributed by atoms with Crippen LogP contribution < -0.4 is 5.32 Å². The highest BCUT2D eigenvalue weighted by Crippen LogP contribution is 2.18. The molecular weight excluding hydrogens is 270 g/mol. The Hall–Kier alpha value is -1.95. The van der Waals surface area contributed by atoms with Gasteiger partial charge in [0.05, 0.1) is 5.92 Å². The van der Waals surface area contributed by atoms with Crippen LogP contribution in [0.15, 0.2) is 24.5 Å². The van der Waals surface area contributed by atoms with Crippen molar-refractivity contribution < 1.29 is 14.3 Å². The molecule has 1 aliphatic rings. The number of methoxy groups -OCH3 is 1. The van der Waals surface area contributed by atoms with Gasteiger partial charge in [0.2, 0.25) is 11.8 Å². The second kappa shape index (κ2) is 7.73. The van der Waals surface area contributed by atoms with Gasteiger partial charge >= 0.3 is 0 Å². The minimum absolute atomic E-state index is 0.0511. The first-order chi connectivity index (χ1) is 10.2. The molecule has 21 heavy (non-hydrogen) atoms. The highest BCUT2D eigenvalue weighted by molar-refractivity contribution is 5.89. The van der Waals surface area contributed by atoms with E-state index < -0.39 is 0 Å². The Kier molecular flexibility index (Phi) is 5.68. The molecule has 1 aliphatic heterocycles. The number of nitrogens with zero attached hydrogens (tertiary/aromatic N) is 2. The summed E-state index contributed by atoms with van der Waals surface area (Å²) in [7, 11) is 1.64. The third-order valence-electron chi connectivity index (χ3n) is 3.58. The SMILES string of the molecule is COCCCN1CC(C(=O)NCc2ccncc2)CC1=O. The van der Waals surface area contributed by atoms with E-state index >= 15 is 0 Å². The van der Waals surface area contributed by atoms with Crippen molar-refractivity contribution >= 4 is 11.8 Å². The van der Waals surface area contributed by atoms with Gasteiger partial charge in [-0.05, 0) is 24.1 Å². The molecule has 1 saturated heterocycles. The fraction of sp³-hybridized carbons (Fsp3) is 0.533. The molecule has 0 bridgehead atoms. The predicted molar refractivity (Wildman–Crippen MR) is 77.3 cm³/mol. The smallest absolute Gasteiger partial charge is 0.225 e. The fourth-order valence-electron chi connectivity index (χ4n) is 2.40. The van der Waals surface area contributed by atoms with Gasteiger partial charge in [-0.2, -0.15) is 0 Å². The van der Waals surface area contributed by atoms with Crippen LogP contribution in [0.4, 0.5) is 0 Å². The summed E-state index contributed by atoms with van der Waals surface area (Å²) in [6.07, 6.45) is 4.49. The lowest BCUT2D eigenvalue weighted by atomic mass is 10.1. The van der Waals surface area contributed by atoms with Crippen molar-refractivity contribution in [3.05, 3.63) is 30.1 Å². The standard InChI is InChI=1S/C15H21N3O3/c1-21-8-2-7-18-11-13(9-14(18)19)15(20)17-10-12-3-5-16-6-4-12/h3-6,13H,2,7-11H2,1H3,(H,17,20). The molecular formula is C15H21N3O3. The minimum atomic E-state index is -0.248. The first-order valence-electron chi connectivity index (χ1n) is 7.14. The first kappa shape index (κ1) is 15.4. The second-order valence-corrected chi connectivity index (χ2v) is 5.16. The highest BCUT2D eigenvalue weighted by Gasteiger charge is 2.33. The summed E-state index contributed by atoms with van der Waals surface area (Å²) in [6.45, 7) is 2.25. The zero-order chi connectivity index (χ0) is 15.1. The van der Waals surface area contributed by atoms with Gasteiger partial charge in [-0.15, -0.1) is 0 Å². The summed E-state index contributed by atoms with van der Waals surface area (Å²) in [5.74, 6) is -0.258. The Balaban J connectivity index is 1.77. The molecule has 1 atom stereocenters. The van der Waals surface area contributed by atoms with E-state index in [1.165, 1.54) is 0 Å². The monoisotopic (exact) mass is 291 g/mol. The van der Waals surface area contributed by atoms with Gasteiger partial charge in [0.1, 0.15) is 0 Å². The van der Waals surface area contributed by atoms with E-state index in [0.29, 0.717) is 32.7 Å². The van der Waals surface area contributed by atoms with Crippen LogP contribution in [0.3, 0.4) is 0 Å². The number of carbonyl (C=O) groups is 2. The number of pyridine rings is 1. The molecule has 0 aromatic carbocycles. The van der Waals surface area contributed by atoms with Gasteiger partial charge < -0.3 is 15.0 Å². The summed E-state index contributed by atoms with van der Waals surface area (Å²) in [5.41, 5.74) is 1.000. The van der Waals surface area contributed by atoms with Crippen molar-refractivity contribution in [2.45, 2.75) is 19.4 Å². The van der Waals surface area contributed by atoms with Crippen LogP contribution in [-0.2, 0) is 20.9 Å². The molecule has 2 heterocycles. The molecule has 2 rings (SSSR count). The van der Waals surface area contributed by atoms with Crippen molar-refractivity contribution in [3.8, 4) is 0 Å². The number of aromatic nitrogens is 1. The van der Waals surface area contributed by atoms with E-state index in [0.717, 1.165) is 12.0 Å². The topological polar surface area (TPSA) is 71.5 Å². The molecule has 1 unspecified atom stereocenters. The number of hydrogen-bond acceptors (Lipinski definition) is 4. The summed E-state index contributed by atoms with van der Waals surface area (Å²) >= 11 is 0. The van der Waals surface area contributed by atoms with Crippen molar-refractivity contribution in [1.29, 1.82) is 0 Å². The molecule has 1 aromatic heterocycles. The van der Waals surface area contributed by atoms with Gasteiger partial charge in [0.15, 0.2) is 0 Å². The molecule has 1 fully saturated rings. The molecule has 0 spiro atoms. The molecule has 2 amide bonds. The summed E-state index contributed by atoms with van der Waals surface area (Å²) < 4.78 is 4.98. The van der Waals surface area contributed by atoms with Crippen LogP contribution in [0.5, 0.6) is 0 Å². The number of carbonyl (C=O) groups excluding carboxylic acids is 2. The molecule has 6 heteroatoms. The first-order valence-corrected chi connectivity index (χ1v) is 7.14. The third-order valence-corrected chi connectivity index (χ3v) is 3.58. The van der Waals surface area contributed by atoms with Crippen LogP contribution in [0.2, 0.25) is 0 Å². The number of likely N-dealkylation sites (tertiary alicyclic amines) is 1. The van der Waals surface area contributed by atoms with E-state index in [4.69, 9.17) is 4.74 Å². The molecule has 0 aliphatic carbocycles. The Bertz CT molecular complexity index is 478. The maximum absolute atomic E-state index is 12.1. The van der Waals surface area contributed by atoms with Gasteiger partial charge in [0, 0.05) is 52.2 Å². The lowest BCUT2D eigenvalue weighted by molar-refractivity contribution is -0.129. The van der Waals surface area contributed by atoms with E-state index in [9.17, 15) is 9.59 Å². The van der Waals surface area contributed by atoms with E-state index in [2.05, 4.69) is 10.3 Å². The summed E-state index contributed by atoms with van der Waals surface area (Å²) in [4.78, 5) is 29.6. The van der Waals surface area contributed by atoms with Crippen molar-refractivity contribution in [3.63, 3.8) is 0 Å². The number of ether oxygens (including phenoxy) is 1. The van der Waals surface area contributed by atoms with Crippen molar-refractivity contribution in [2.75, 3.05) is 26.8 Å². The molecule has 114 valence electrons. The largest absolute Gasteiger partial charge is 0.385 e. The Morgan fingerprint density at radius 2 is 2.24 bits per heavy atom. The van der Waals surface area contributed by atoms with Gasteiger partial charge in [-0.25, -0.2) is 0 Å². The maximum Gasteiger partial charge on any atom is 0.225 e. The number of hydrogen-bond donors (Lipinski definition) is 1. The quantitative estimate of drug-likeness (QED) is 0.746. The minimum Gasteiger partial charge on any atom is -0.385 e. The van der Waals surface area contributed by atoms with Crippen LogP contribution >= 0.6 is 0 Å². The fourth-order valence-corrected chi connectivity index (χ4v) is 2.40. The van der Waals surface area contributed by atoms with E-state index in [-0.39, 0.29) is 17.7 Å². The summed E-state index contributed by atoms with van der Waals surface area (Å²) in [5, 5.41) is 2.88. The van der Waals surface area contributed by atoms with Crippen molar-refractivity contribution in [1.82, 2.24) is 15.2 Å². The van der Waals surface area contributed by atoms with Gasteiger partial charge in [0.25, 0.3) is 0 Å². The summed E-state index contributed by atoms with van der Waals surface area (Å²) in [6, 6.07) is 3.72. The third kappa shape index (κ3) is 4.53. The lowest BCUT2D eigenvalue weighted by Gasteiger charge is -2.16. The molecule has 0 saturated carbocycles. The molecule has 1 N–H and O–H groups in total. The number of nitrogens with one attached hydrogen (secondary N) is 1. The number of amides is 2. The second-order valence-electron chi connectivity index (χ2n) is 5.16. The lowest BCUT2D eigenvalue weighted by Crippen LogP contribution is -2.33.